The summed E-state index contributed by atoms with van der Waals surface area (Å²) < 4.78 is 5.56. The van der Waals surface area contributed by atoms with Gasteiger partial charge in [-0.3, -0.25) is 4.79 Å². The Morgan fingerprint density at radius 1 is 0.829 bits per heavy atom. The molecule has 3 aromatic rings. The van der Waals surface area contributed by atoms with Gasteiger partial charge in [0.2, 0.25) is 5.91 Å². The molecule has 0 saturated carbocycles. The molecule has 0 aromatic heterocycles. The lowest BCUT2D eigenvalue weighted by atomic mass is 9.98. The molecule has 1 aliphatic carbocycles. The molecule has 8 heteroatoms. The predicted octanol–water partition coefficient (Wildman–Crippen LogP) is 3.22. The van der Waals surface area contributed by atoms with Crippen molar-refractivity contribution in [2.75, 3.05) is 13.2 Å². The van der Waals surface area contributed by atoms with Gasteiger partial charge in [-0.2, -0.15) is 0 Å². The second kappa shape index (κ2) is 10.8. The fourth-order valence-electron chi connectivity index (χ4n) is 4.35. The largest absolute Gasteiger partial charge is 0.480 e. The van der Waals surface area contributed by atoms with Gasteiger partial charge in [0.25, 0.3) is 0 Å². The quantitative estimate of drug-likeness (QED) is 0.377. The van der Waals surface area contributed by atoms with Crippen LogP contribution in [0.3, 0.4) is 0 Å². The van der Waals surface area contributed by atoms with E-state index >= 15 is 0 Å². The normalized spacial score (nSPS) is 13.7. The van der Waals surface area contributed by atoms with Gasteiger partial charge >= 0.3 is 12.1 Å². The third kappa shape index (κ3) is 5.33. The van der Waals surface area contributed by atoms with Crippen molar-refractivity contribution in [2.45, 2.75) is 24.4 Å². The molecular formula is C27H26N2O6. The molecule has 35 heavy (non-hydrogen) atoms. The molecule has 180 valence electrons. The number of aliphatic hydroxyl groups is 1. The number of hydrogen-bond donors (Lipinski definition) is 4. The summed E-state index contributed by atoms with van der Waals surface area (Å²) in [5.74, 6) is -2.14. The van der Waals surface area contributed by atoms with Crippen LogP contribution in [0.15, 0.2) is 78.9 Å². The van der Waals surface area contributed by atoms with E-state index in [-0.39, 0.29) is 18.9 Å². The van der Waals surface area contributed by atoms with Crippen molar-refractivity contribution in [2.24, 2.45) is 0 Å². The topological polar surface area (TPSA) is 125 Å². The van der Waals surface area contributed by atoms with Crippen molar-refractivity contribution < 1.29 is 29.3 Å². The van der Waals surface area contributed by atoms with Crippen LogP contribution in [-0.2, 0) is 14.3 Å². The molecule has 3 aromatic carbocycles. The van der Waals surface area contributed by atoms with Crippen LogP contribution >= 0.6 is 0 Å². The van der Waals surface area contributed by atoms with E-state index in [0.29, 0.717) is 5.56 Å². The van der Waals surface area contributed by atoms with Crippen LogP contribution in [0.1, 0.15) is 35.1 Å². The number of fused-ring (bicyclic) bond motifs is 3. The van der Waals surface area contributed by atoms with Crippen LogP contribution in [0, 0.1) is 0 Å². The first-order valence-electron chi connectivity index (χ1n) is 11.3. The summed E-state index contributed by atoms with van der Waals surface area (Å²) in [5, 5.41) is 23.4. The van der Waals surface area contributed by atoms with Gasteiger partial charge in [0.05, 0.1) is 0 Å². The second-order valence-electron chi connectivity index (χ2n) is 8.23. The molecule has 0 fully saturated rings. The molecule has 1 unspecified atom stereocenters. The number of amides is 2. The lowest BCUT2D eigenvalue weighted by Gasteiger charge is -2.22. The van der Waals surface area contributed by atoms with Crippen molar-refractivity contribution in [3.8, 4) is 11.1 Å². The Kier molecular flexibility index (Phi) is 7.42. The van der Waals surface area contributed by atoms with Crippen molar-refractivity contribution >= 4 is 18.0 Å². The SMILES string of the molecule is O=C(NC(C(=O)N[C@H](CCO)C(=O)O)c1ccccc1)OCC1c2ccccc2-c2ccccc21. The molecule has 2 atom stereocenters. The minimum absolute atomic E-state index is 0.0747. The number of rotatable bonds is 9. The molecule has 0 radical (unpaired) electrons. The number of carboxylic acid groups (broad SMARTS) is 1. The van der Waals surface area contributed by atoms with E-state index in [0.717, 1.165) is 22.3 Å². The maximum atomic E-state index is 12.9. The molecule has 4 rings (SSSR count). The van der Waals surface area contributed by atoms with Crippen LogP contribution < -0.4 is 10.6 Å². The zero-order valence-corrected chi connectivity index (χ0v) is 18.9. The first-order valence-corrected chi connectivity index (χ1v) is 11.3. The molecule has 0 spiro atoms. The van der Waals surface area contributed by atoms with Crippen molar-refractivity contribution in [1.82, 2.24) is 10.6 Å². The van der Waals surface area contributed by atoms with Gasteiger partial charge in [-0.05, 0) is 27.8 Å². The molecule has 0 heterocycles. The number of carbonyl (C=O) groups is 3. The van der Waals surface area contributed by atoms with Gasteiger partial charge in [-0.25, -0.2) is 9.59 Å². The van der Waals surface area contributed by atoms with Crippen molar-refractivity contribution in [3.05, 3.63) is 95.6 Å². The average molecular weight is 475 g/mol. The zero-order chi connectivity index (χ0) is 24.8. The average Bonchev–Trinajstić information content (AvgIpc) is 3.20. The van der Waals surface area contributed by atoms with Gasteiger partial charge in [0.1, 0.15) is 18.7 Å². The molecule has 1 aliphatic rings. The van der Waals surface area contributed by atoms with Gasteiger partial charge in [0, 0.05) is 18.9 Å². The molecule has 8 nitrogen and oxygen atoms in total. The van der Waals surface area contributed by atoms with E-state index in [4.69, 9.17) is 9.84 Å². The Balaban J connectivity index is 1.48. The van der Waals surface area contributed by atoms with Gasteiger partial charge in [-0.15, -0.1) is 0 Å². The molecule has 0 aliphatic heterocycles. The van der Waals surface area contributed by atoms with Gasteiger partial charge in [0.15, 0.2) is 0 Å². The van der Waals surface area contributed by atoms with Crippen molar-refractivity contribution in [3.63, 3.8) is 0 Å². The van der Waals surface area contributed by atoms with Crippen LogP contribution in [0.25, 0.3) is 11.1 Å². The van der Waals surface area contributed by atoms with E-state index in [1.807, 2.05) is 48.5 Å². The van der Waals surface area contributed by atoms with E-state index in [9.17, 15) is 19.5 Å². The number of carboxylic acids is 1. The highest BCUT2D eigenvalue weighted by Gasteiger charge is 2.31. The van der Waals surface area contributed by atoms with Gasteiger partial charge in [-0.1, -0.05) is 78.9 Å². The Hall–Kier alpha value is -4.17. The molecule has 0 bridgehead atoms. The summed E-state index contributed by atoms with van der Waals surface area (Å²) in [4.78, 5) is 37.1. The predicted molar refractivity (Wildman–Crippen MR) is 129 cm³/mol. The van der Waals surface area contributed by atoms with E-state index < -0.39 is 36.7 Å². The zero-order valence-electron chi connectivity index (χ0n) is 18.9. The molecular weight excluding hydrogens is 448 g/mol. The van der Waals surface area contributed by atoms with E-state index in [1.165, 1.54) is 0 Å². The number of alkyl carbamates (subject to hydrolysis) is 1. The fourth-order valence-corrected chi connectivity index (χ4v) is 4.35. The van der Waals surface area contributed by atoms with Crippen molar-refractivity contribution in [1.29, 1.82) is 0 Å². The van der Waals surface area contributed by atoms with E-state index in [2.05, 4.69) is 10.6 Å². The van der Waals surface area contributed by atoms with Gasteiger partial charge < -0.3 is 25.6 Å². The Morgan fingerprint density at radius 3 is 1.97 bits per heavy atom. The second-order valence-corrected chi connectivity index (χ2v) is 8.23. The Labute approximate surface area is 202 Å². The number of benzene rings is 3. The third-order valence-corrected chi connectivity index (χ3v) is 6.03. The number of hydrogen-bond acceptors (Lipinski definition) is 5. The Bertz CT molecular complexity index is 1170. The minimum atomic E-state index is -1.29. The molecule has 4 N–H and O–H groups in total. The number of aliphatic carboxylic acids is 1. The molecule has 2 amide bonds. The highest BCUT2D eigenvalue weighted by Crippen LogP contribution is 2.44. The monoisotopic (exact) mass is 474 g/mol. The summed E-state index contributed by atoms with van der Waals surface area (Å²) in [6.07, 6.45) is -0.960. The standard InChI is InChI=1S/C27H26N2O6/c30-15-14-23(26(32)33)28-25(31)24(17-8-2-1-3-9-17)29-27(34)35-16-22-20-12-6-4-10-18(20)19-11-5-7-13-21(19)22/h1-13,22-24,30H,14-16H2,(H,28,31)(H,29,34)(H,32,33)/t23-,24?/m1/s1. The molecule has 0 saturated heterocycles. The Morgan fingerprint density at radius 2 is 1.40 bits per heavy atom. The summed E-state index contributed by atoms with van der Waals surface area (Å²) >= 11 is 0. The summed E-state index contributed by atoms with van der Waals surface area (Å²) in [7, 11) is 0. The van der Waals surface area contributed by atoms with Crippen LogP contribution in [0.2, 0.25) is 0 Å². The number of nitrogens with one attached hydrogen (secondary N) is 2. The maximum Gasteiger partial charge on any atom is 0.408 e. The van der Waals surface area contributed by atoms with Crippen LogP contribution in [0.4, 0.5) is 4.79 Å². The maximum absolute atomic E-state index is 12.9. The first kappa shape index (κ1) is 24.0. The smallest absolute Gasteiger partial charge is 0.408 e. The highest BCUT2D eigenvalue weighted by molar-refractivity contribution is 5.90. The fraction of sp³-hybridized carbons (Fsp3) is 0.222. The lowest BCUT2D eigenvalue weighted by molar-refractivity contribution is -0.142. The van der Waals surface area contributed by atoms with E-state index in [1.54, 1.807) is 30.3 Å². The lowest BCUT2D eigenvalue weighted by Crippen LogP contribution is -2.47. The highest BCUT2D eigenvalue weighted by atomic mass is 16.5. The first-order chi connectivity index (χ1) is 17.0. The number of ether oxygens (including phenoxy) is 1. The van der Waals surface area contributed by atoms with Crippen LogP contribution in [0.5, 0.6) is 0 Å². The summed E-state index contributed by atoms with van der Waals surface area (Å²) in [6, 6.07) is 21.9. The number of carbonyl (C=O) groups excluding carboxylic acids is 2. The minimum Gasteiger partial charge on any atom is -0.480 e. The third-order valence-electron chi connectivity index (χ3n) is 6.03. The summed E-state index contributed by atoms with van der Waals surface area (Å²) in [5.41, 5.74) is 4.79. The van der Waals surface area contributed by atoms with Crippen LogP contribution in [-0.4, -0.2) is 47.4 Å². The number of aliphatic hydroxyl groups excluding tert-OH is 1. The summed E-state index contributed by atoms with van der Waals surface area (Å²) in [6.45, 7) is -0.335.